The molecule has 1 saturated heterocycles. The SMILES string of the molecule is Cc1cccc(NC(=O)N2CCC(c3nc(-c4ccc(Br)cc4)no3)CC2)c1C. The van der Waals surface area contributed by atoms with Crippen molar-refractivity contribution < 1.29 is 9.32 Å². The number of benzene rings is 2. The molecule has 0 radical (unpaired) electrons. The third kappa shape index (κ3) is 4.34. The van der Waals surface area contributed by atoms with Gasteiger partial charge in [-0.2, -0.15) is 4.98 Å². The lowest BCUT2D eigenvalue weighted by Crippen LogP contribution is -2.40. The fourth-order valence-corrected chi connectivity index (χ4v) is 3.79. The molecule has 0 unspecified atom stereocenters. The van der Waals surface area contributed by atoms with Gasteiger partial charge in [-0.3, -0.25) is 0 Å². The molecule has 2 heterocycles. The second kappa shape index (κ2) is 8.37. The Labute approximate surface area is 178 Å². The lowest BCUT2D eigenvalue weighted by molar-refractivity contribution is 0.187. The van der Waals surface area contributed by atoms with Gasteiger partial charge in [0.15, 0.2) is 0 Å². The predicted octanol–water partition coefficient (Wildman–Crippen LogP) is 5.53. The van der Waals surface area contributed by atoms with Gasteiger partial charge in [0.05, 0.1) is 0 Å². The number of amides is 2. The summed E-state index contributed by atoms with van der Waals surface area (Å²) < 4.78 is 6.53. The van der Waals surface area contributed by atoms with Crippen molar-refractivity contribution in [1.82, 2.24) is 15.0 Å². The average Bonchev–Trinajstić information content (AvgIpc) is 3.22. The van der Waals surface area contributed by atoms with Gasteiger partial charge >= 0.3 is 6.03 Å². The quantitative estimate of drug-likeness (QED) is 0.564. The Balaban J connectivity index is 1.36. The highest BCUT2D eigenvalue weighted by molar-refractivity contribution is 9.10. The summed E-state index contributed by atoms with van der Waals surface area (Å²) in [6.07, 6.45) is 1.62. The number of piperidine rings is 1. The Morgan fingerprint density at radius 1 is 1.14 bits per heavy atom. The Bertz CT molecular complexity index is 1010. The zero-order chi connectivity index (χ0) is 20.4. The van der Waals surface area contributed by atoms with Crippen LogP contribution >= 0.6 is 15.9 Å². The standard InChI is InChI=1S/C22H23BrN4O2/c1-14-4-3-5-19(15(14)2)24-22(28)27-12-10-17(11-13-27)21-25-20(26-29-21)16-6-8-18(23)9-7-16/h3-9,17H,10-13H2,1-2H3,(H,24,28). The van der Waals surface area contributed by atoms with Crippen molar-refractivity contribution in [3.05, 3.63) is 64.0 Å². The number of rotatable bonds is 3. The van der Waals surface area contributed by atoms with Crippen LogP contribution in [-0.2, 0) is 0 Å². The zero-order valence-corrected chi connectivity index (χ0v) is 18.1. The van der Waals surface area contributed by atoms with Crippen LogP contribution in [-0.4, -0.2) is 34.2 Å². The summed E-state index contributed by atoms with van der Waals surface area (Å²) in [5, 5.41) is 7.16. The highest BCUT2D eigenvalue weighted by Crippen LogP contribution is 2.29. The van der Waals surface area contributed by atoms with E-state index >= 15 is 0 Å². The van der Waals surface area contributed by atoms with E-state index in [1.54, 1.807) is 0 Å². The molecule has 0 atom stereocenters. The molecule has 2 aromatic carbocycles. The monoisotopic (exact) mass is 454 g/mol. The molecule has 7 heteroatoms. The van der Waals surface area contributed by atoms with Gasteiger partial charge < -0.3 is 14.7 Å². The van der Waals surface area contributed by atoms with E-state index in [0.29, 0.717) is 24.8 Å². The maximum Gasteiger partial charge on any atom is 0.321 e. The minimum atomic E-state index is -0.0572. The number of aromatic nitrogens is 2. The average molecular weight is 455 g/mol. The molecule has 1 N–H and O–H groups in total. The van der Waals surface area contributed by atoms with E-state index in [-0.39, 0.29) is 11.9 Å². The number of urea groups is 1. The topological polar surface area (TPSA) is 71.3 Å². The third-order valence-corrected chi connectivity index (χ3v) is 6.05. The highest BCUT2D eigenvalue weighted by atomic mass is 79.9. The molecule has 3 aromatic rings. The van der Waals surface area contributed by atoms with Gasteiger partial charge in [0.2, 0.25) is 11.7 Å². The first-order valence-corrected chi connectivity index (χ1v) is 10.5. The molecule has 2 amide bonds. The molecule has 1 aliphatic heterocycles. The van der Waals surface area contributed by atoms with Gasteiger partial charge in [-0.1, -0.05) is 33.2 Å². The van der Waals surface area contributed by atoms with Gasteiger partial charge in [0.25, 0.3) is 0 Å². The summed E-state index contributed by atoms with van der Waals surface area (Å²) in [4.78, 5) is 19.1. The van der Waals surface area contributed by atoms with E-state index in [1.807, 2.05) is 61.2 Å². The number of carbonyl (C=O) groups excluding carboxylic acids is 1. The Morgan fingerprint density at radius 3 is 2.59 bits per heavy atom. The van der Waals surface area contributed by atoms with Crippen LogP contribution in [0.1, 0.15) is 35.8 Å². The van der Waals surface area contributed by atoms with Gasteiger partial charge in [-0.05, 0) is 68.1 Å². The van der Waals surface area contributed by atoms with E-state index in [4.69, 9.17) is 4.52 Å². The van der Waals surface area contributed by atoms with Gasteiger partial charge in [-0.15, -0.1) is 0 Å². The molecule has 0 aliphatic carbocycles. The summed E-state index contributed by atoms with van der Waals surface area (Å²) in [5.41, 5.74) is 4.06. The van der Waals surface area contributed by atoms with E-state index in [1.165, 1.54) is 5.56 Å². The number of carbonyl (C=O) groups is 1. The molecule has 0 spiro atoms. The number of likely N-dealkylation sites (tertiary alicyclic amines) is 1. The lowest BCUT2D eigenvalue weighted by atomic mass is 9.97. The molecular weight excluding hydrogens is 432 g/mol. The molecule has 150 valence electrons. The Hall–Kier alpha value is -2.67. The van der Waals surface area contributed by atoms with Crippen molar-refractivity contribution in [1.29, 1.82) is 0 Å². The van der Waals surface area contributed by atoms with Crippen LogP contribution in [0.4, 0.5) is 10.5 Å². The molecule has 4 rings (SSSR count). The molecule has 0 bridgehead atoms. The second-order valence-corrected chi connectivity index (χ2v) is 8.32. The van der Waals surface area contributed by atoms with Crippen molar-refractivity contribution in [2.24, 2.45) is 0 Å². The summed E-state index contributed by atoms with van der Waals surface area (Å²) >= 11 is 3.43. The van der Waals surface area contributed by atoms with Crippen molar-refractivity contribution >= 4 is 27.6 Å². The van der Waals surface area contributed by atoms with Gasteiger partial charge in [-0.25, -0.2) is 4.79 Å². The Morgan fingerprint density at radius 2 is 1.86 bits per heavy atom. The smallest absolute Gasteiger partial charge is 0.321 e. The normalized spacial score (nSPS) is 14.8. The first-order valence-electron chi connectivity index (χ1n) is 9.73. The Kier molecular flexibility index (Phi) is 5.67. The van der Waals surface area contributed by atoms with Crippen molar-refractivity contribution in [2.45, 2.75) is 32.6 Å². The second-order valence-electron chi connectivity index (χ2n) is 7.40. The minimum Gasteiger partial charge on any atom is -0.339 e. The van der Waals surface area contributed by atoms with Crippen molar-refractivity contribution in [3.8, 4) is 11.4 Å². The molecule has 6 nitrogen and oxygen atoms in total. The van der Waals surface area contributed by atoms with E-state index in [0.717, 1.165) is 34.1 Å². The molecular formula is C22H23BrN4O2. The molecule has 1 aromatic heterocycles. The molecule has 1 fully saturated rings. The first-order chi connectivity index (χ1) is 14.0. The predicted molar refractivity (Wildman–Crippen MR) is 116 cm³/mol. The number of hydrogen-bond donors (Lipinski definition) is 1. The number of aryl methyl sites for hydroxylation is 1. The summed E-state index contributed by atoms with van der Waals surface area (Å²) in [7, 11) is 0. The number of anilines is 1. The van der Waals surface area contributed by atoms with Crippen LogP contribution in [0.5, 0.6) is 0 Å². The van der Waals surface area contributed by atoms with Gasteiger partial charge in [0.1, 0.15) is 0 Å². The van der Waals surface area contributed by atoms with Crippen LogP contribution < -0.4 is 5.32 Å². The maximum absolute atomic E-state index is 12.7. The summed E-state index contributed by atoms with van der Waals surface area (Å²) in [6.45, 7) is 5.40. The molecule has 29 heavy (non-hydrogen) atoms. The first kappa shape index (κ1) is 19.6. The lowest BCUT2D eigenvalue weighted by Gasteiger charge is -2.30. The fourth-order valence-electron chi connectivity index (χ4n) is 3.53. The number of halogens is 1. The van der Waals surface area contributed by atoms with Crippen LogP contribution in [0.2, 0.25) is 0 Å². The van der Waals surface area contributed by atoms with Crippen molar-refractivity contribution in [3.63, 3.8) is 0 Å². The van der Waals surface area contributed by atoms with E-state index < -0.39 is 0 Å². The van der Waals surface area contributed by atoms with Crippen LogP contribution in [0.15, 0.2) is 51.5 Å². The molecule has 0 saturated carbocycles. The van der Waals surface area contributed by atoms with E-state index in [2.05, 4.69) is 31.4 Å². The molecule has 1 aliphatic rings. The highest BCUT2D eigenvalue weighted by Gasteiger charge is 2.28. The minimum absolute atomic E-state index is 0.0572. The number of nitrogens with zero attached hydrogens (tertiary/aromatic N) is 3. The van der Waals surface area contributed by atoms with Crippen LogP contribution in [0.25, 0.3) is 11.4 Å². The fraction of sp³-hybridized carbons (Fsp3) is 0.318. The third-order valence-electron chi connectivity index (χ3n) is 5.52. The summed E-state index contributed by atoms with van der Waals surface area (Å²) in [5.74, 6) is 1.43. The largest absolute Gasteiger partial charge is 0.339 e. The van der Waals surface area contributed by atoms with Gasteiger partial charge in [0, 0.05) is 34.7 Å². The number of nitrogens with one attached hydrogen (secondary N) is 1. The van der Waals surface area contributed by atoms with E-state index in [9.17, 15) is 4.79 Å². The number of hydrogen-bond acceptors (Lipinski definition) is 4. The van der Waals surface area contributed by atoms with Crippen LogP contribution in [0, 0.1) is 13.8 Å². The maximum atomic E-state index is 12.7. The summed E-state index contributed by atoms with van der Waals surface area (Å²) in [6, 6.07) is 13.7. The van der Waals surface area contributed by atoms with Crippen molar-refractivity contribution in [2.75, 3.05) is 18.4 Å². The zero-order valence-electron chi connectivity index (χ0n) is 16.5. The van der Waals surface area contributed by atoms with Crippen LogP contribution in [0.3, 0.4) is 0 Å².